The van der Waals surface area contributed by atoms with Crippen molar-refractivity contribution in [1.82, 2.24) is 0 Å². The summed E-state index contributed by atoms with van der Waals surface area (Å²) < 4.78 is 4.94. The van der Waals surface area contributed by atoms with E-state index in [9.17, 15) is 24.6 Å². The van der Waals surface area contributed by atoms with Gasteiger partial charge in [0.15, 0.2) is 5.78 Å². The zero-order chi connectivity index (χ0) is 23.4. The van der Waals surface area contributed by atoms with E-state index in [1.54, 1.807) is 6.08 Å². The maximum Gasteiger partial charge on any atom is 0.336 e. The molecule has 5 aliphatic rings. The highest BCUT2D eigenvalue weighted by atomic mass is 16.6. The molecular formula is C26H34O6. The lowest BCUT2D eigenvalue weighted by molar-refractivity contribution is -0.210. The molecule has 1 heterocycles. The number of carbonyl (C=O) groups is 3. The van der Waals surface area contributed by atoms with Gasteiger partial charge in [-0.2, -0.15) is 0 Å². The molecule has 0 aromatic carbocycles. The first-order valence-electron chi connectivity index (χ1n) is 11.8. The van der Waals surface area contributed by atoms with Gasteiger partial charge >= 0.3 is 5.97 Å². The topological polar surface area (TPSA) is 101 Å². The Morgan fingerprint density at radius 3 is 2.34 bits per heavy atom. The van der Waals surface area contributed by atoms with E-state index in [0.29, 0.717) is 12.0 Å². The molecule has 0 bridgehead atoms. The molecule has 32 heavy (non-hydrogen) atoms. The Kier molecular flexibility index (Phi) is 4.41. The Balaban J connectivity index is 1.60. The Labute approximate surface area is 189 Å². The SMILES string of the molecule is CC1(C)C(=O)C=C[C@@]2(C)C1C[C@@H](O)[C@@]1(C)[C@H]3C(=O)C[C@@H](C4=CC(O)OC4=O)[C@]3(C)CC[C@@H]12. The first-order valence-corrected chi connectivity index (χ1v) is 11.8. The molecule has 174 valence electrons. The van der Waals surface area contributed by atoms with E-state index in [2.05, 4.69) is 20.8 Å². The van der Waals surface area contributed by atoms with Crippen molar-refractivity contribution in [3.63, 3.8) is 0 Å². The first kappa shape index (κ1) is 22.0. The second kappa shape index (κ2) is 6.41. The zero-order valence-electron chi connectivity index (χ0n) is 19.6. The van der Waals surface area contributed by atoms with Crippen molar-refractivity contribution in [2.24, 2.45) is 45.3 Å². The molecule has 6 nitrogen and oxygen atoms in total. The summed E-state index contributed by atoms with van der Waals surface area (Å²) in [5.41, 5.74) is -1.62. The van der Waals surface area contributed by atoms with Crippen molar-refractivity contribution >= 4 is 17.5 Å². The average molecular weight is 443 g/mol. The van der Waals surface area contributed by atoms with Crippen LogP contribution in [0.15, 0.2) is 23.8 Å². The number of ether oxygens (including phenoxy) is 1. The Hall–Kier alpha value is -1.79. The number of hydrogen-bond acceptors (Lipinski definition) is 6. The van der Waals surface area contributed by atoms with Gasteiger partial charge in [-0.15, -0.1) is 0 Å². The van der Waals surface area contributed by atoms with Gasteiger partial charge in [0, 0.05) is 34.7 Å². The monoisotopic (exact) mass is 442 g/mol. The summed E-state index contributed by atoms with van der Waals surface area (Å²) >= 11 is 0. The normalized spacial score (nSPS) is 51.6. The average Bonchev–Trinajstić information content (AvgIpc) is 3.16. The van der Waals surface area contributed by atoms with E-state index < -0.39 is 40.5 Å². The van der Waals surface area contributed by atoms with Crippen LogP contribution >= 0.6 is 0 Å². The smallest absolute Gasteiger partial charge is 0.336 e. The highest BCUT2D eigenvalue weighted by Gasteiger charge is 2.72. The van der Waals surface area contributed by atoms with Gasteiger partial charge in [0.2, 0.25) is 6.29 Å². The zero-order valence-corrected chi connectivity index (χ0v) is 19.6. The summed E-state index contributed by atoms with van der Waals surface area (Å²) in [4.78, 5) is 38.7. The Bertz CT molecular complexity index is 977. The van der Waals surface area contributed by atoms with Crippen LogP contribution in [0.4, 0.5) is 0 Å². The number of ketones is 2. The molecule has 0 radical (unpaired) electrons. The van der Waals surface area contributed by atoms with Gasteiger partial charge in [-0.1, -0.05) is 40.7 Å². The fourth-order valence-corrected chi connectivity index (χ4v) is 8.95. The first-order chi connectivity index (χ1) is 14.8. The number of esters is 1. The van der Waals surface area contributed by atoms with Gasteiger partial charge in [0.25, 0.3) is 0 Å². The van der Waals surface area contributed by atoms with E-state index in [4.69, 9.17) is 4.74 Å². The van der Waals surface area contributed by atoms with Crippen molar-refractivity contribution in [2.75, 3.05) is 0 Å². The van der Waals surface area contributed by atoms with Crippen LogP contribution in [0, 0.1) is 45.3 Å². The van der Waals surface area contributed by atoms with E-state index in [1.165, 1.54) is 6.08 Å². The van der Waals surface area contributed by atoms with Crippen molar-refractivity contribution < 1.29 is 29.3 Å². The molecule has 9 atom stereocenters. The van der Waals surface area contributed by atoms with Crippen molar-refractivity contribution in [3.8, 4) is 0 Å². The van der Waals surface area contributed by atoms with E-state index in [-0.39, 0.29) is 41.2 Å². The summed E-state index contributed by atoms with van der Waals surface area (Å²) in [6.45, 7) is 10.3. The number of Topliss-reactive ketones (excluding diaryl/α,β-unsaturated/α-hetero) is 1. The standard InChI is InChI=1S/C26H34O6/c1-23(2)17-12-19(29)26(5)16(25(17,4)9-7-18(23)28)6-8-24(3)14(11-15(27)21(24)26)13-10-20(30)32-22(13)31/h7,9-10,14,16-17,19-21,29-30H,6,8,11-12H2,1-5H3/t14-,16+,17?,19+,20?,21-,24-,25+,26-/m0/s1. The number of aliphatic hydroxyl groups is 2. The molecule has 0 aromatic rings. The van der Waals surface area contributed by atoms with Gasteiger partial charge < -0.3 is 14.9 Å². The largest absolute Gasteiger partial charge is 0.429 e. The number of aliphatic hydroxyl groups excluding tert-OH is 2. The highest BCUT2D eigenvalue weighted by Crippen LogP contribution is 2.72. The maximum atomic E-state index is 13.6. The predicted octanol–water partition coefficient (Wildman–Crippen LogP) is 2.97. The summed E-state index contributed by atoms with van der Waals surface area (Å²) in [7, 11) is 0. The number of cyclic esters (lactones) is 1. The predicted molar refractivity (Wildman–Crippen MR) is 116 cm³/mol. The van der Waals surface area contributed by atoms with Crippen molar-refractivity contribution in [3.05, 3.63) is 23.8 Å². The third kappa shape index (κ3) is 2.46. The minimum absolute atomic E-state index is 0.0000940. The number of carbonyl (C=O) groups excluding carboxylic acids is 3. The van der Waals surface area contributed by atoms with Crippen molar-refractivity contribution in [1.29, 1.82) is 0 Å². The number of rotatable bonds is 1. The van der Waals surface area contributed by atoms with E-state index >= 15 is 0 Å². The van der Waals surface area contributed by atoms with Gasteiger partial charge in [0.1, 0.15) is 5.78 Å². The number of hydrogen-bond donors (Lipinski definition) is 2. The van der Waals surface area contributed by atoms with Crippen LogP contribution in [0.25, 0.3) is 0 Å². The second-order valence-corrected chi connectivity index (χ2v) is 12.1. The van der Waals surface area contributed by atoms with Crippen LogP contribution in [-0.2, 0) is 19.1 Å². The molecule has 6 heteroatoms. The van der Waals surface area contributed by atoms with Crippen LogP contribution in [0.5, 0.6) is 0 Å². The van der Waals surface area contributed by atoms with Gasteiger partial charge in [-0.25, -0.2) is 4.79 Å². The minimum atomic E-state index is -1.26. The molecule has 0 saturated heterocycles. The van der Waals surface area contributed by atoms with Crippen LogP contribution < -0.4 is 0 Å². The van der Waals surface area contributed by atoms with Crippen LogP contribution in [0.1, 0.15) is 60.3 Å². The van der Waals surface area contributed by atoms with Gasteiger partial charge in [-0.05, 0) is 54.1 Å². The van der Waals surface area contributed by atoms with Gasteiger partial charge in [0.05, 0.1) is 6.10 Å². The summed E-state index contributed by atoms with van der Waals surface area (Å²) in [5.74, 6) is -1.04. The third-order valence-electron chi connectivity index (χ3n) is 10.5. The lowest BCUT2D eigenvalue weighted by Gasteiger charge is -2.67. The second-order valence-electron chi connectivity index (χ2n) is 12.1. The molecule has 2 N–H and O–H groups in total. The lowest BCUT2D eigenvalue weighted by atomic mass is 9.37. The molecule has 1 aliphatic heterocycles. The van der Waals surface area contributed by atoms with Crippen LogP contribution in [0.3, 0.4) is 0 Å². The fourth-order valence-electron chi connectivity index (χ4n) is 8.95. The molecule has 3 saturated carbocycles. The minimum Gasteiger partial charge on any atom is -0.429 e. The lowest BCUT2D eigenvalue weighted by Crippen LogP contribution is -2.66. The summed E-state index contributed by atoms with van der Waals surface area (Å²) in [6.07, 6.45) is 5.47. The third-order valence-corrected chi connectivity index (χ3v) is 10.5. The fraction of sp³-hybridized carbons (Fsp3) is 0.731. The number of allylic oxidation sites excluding steroid dienone is 2. The summed E-state index contributed by atoms with van der Waals surface area (Å²) in [6, 6.07) is 0. The molecule has 3 fully saturated rings. The summed E-state index contributed by atoms with van der Waals surface area (Å²) in [5, 5.41) is 21.4. The van der Waals surface area contributed by atoms with Crippen molar-refractivity contribution in [2.45, 2.75) is 72.7 Å². The highest BCUT2D eigenvalue weighted by molar-refractivity contribution is 5.96. The Morgan fingerprint density at radius 2 is 1.72 bits per heavy atom. The quantitative estimate of drug-likeness (QED) is 0.606. The molecule has 0 aromatic heterocycles. The van der Waals surface area contributed by atoms with E-state index in [0.717, 1.165) is 12.8 Å². The number of fused-ring (bicyclic) bond motifs is 5. The van der Waals surface area contributed by atoms with Gasteiger partial charge in [-0.3, -0.25) is 9.59 Å². The molecule has 2 unspecified atom stereocenters. The maximum absolute atomic E-state index is 13.6. The van der Waals surface area contributed by atoms with Crippen LogP contribution in [-0.4, -0.2) is 40.1 Å². The van der Waals surface area contributed by atoms with Crippen LogP contribution in [0.2, 0.25) is 0 Å². The molecular weight excluding hydrogens is 408 g/mol. The molecule has 5 rings (SSSR count). The van der Waals surface area contributed by atoms with E-state index in [1.807, 2.05) is 19.9 Å². The molecule has 0 amide bonds. The molecule has 4 aliphatic carbocycles. The Morgan fingerprint density at radius 1 is 1.03 bits per heavy atom. The molecule has 0 spiro atoms.